The Bertz CT molecular complexity index is 1100. The number of benzene rings is 3. The minimum absolute atomic E-state index is 0.00883. The van der Waals surface area contributed by atoms with Crippen molar-refractivity contribution in [2.24, 2.45) is 0 Å². The van der Waals surface area contributed by atoms with E-state index < -0.39 is 0 Å². The first-order chi connectivity index (χ1) is 14.6. The van der Waals surface area contributed by atoms with Crippen molar-refractivity contribution >= 4 is 11.9 Å². The third kappa shape index (κ3) is 4.62. The summed E-state index contributed by atoms with van der Waals surface area (Å²) in [5.74, 6) is 1.65. The van der Waals surface area contributed by atoms with Crippen LogP contribution in [0.25, 0.3) is 6.08 Å². The molecule has 0 spiro atoms. The minimum atomic E-state index is -0.00883. The number of aryl methyl sites for hydroxylation is 3. The summed E-state index contributed by atoms with van der Waals surface area (Å²) >= 11 is 0. The smallest absolute Gasteiger partial charge is 0.185 e. The number of ether oxygens (including phenoxy) is 2. The number of hydrogen-bond donors (Lipinski definition) is 0. The van der Waals surface area contributed by atoms with Gasteiger partial charge in [0.15, 0.2) is 5.78 Å². The Morgan fingerprint density at radius 2 is 1.87 bits per heavy atom. The van der Waals surface area contributed by atoms with Gasteiger partial charge in [-0.1, -0.05) is 42.0 Å². The lowest BCUT2D eigenvalue weighted by molar-refractivity contribution is 0.104. The van der Waals surface area contributed by atoms with E-state index in [0.29, 0.717) is 12.2 Å². The van der Waals surface area contributed by atoms with Crippen LogP contribution in [0, 0.1) is 6.92 Å². The van der Waals surface area contributed by atoms with E-state index in [2.05, 4.69) is 12.1 Å². The zero-order valence-corrected chi connectivity index (χ0v) is 17.5. The second-order valence-corrected chi connectivity index (χ2v) is 7.71. The molecule has 0 atom stereocenters. The van der Waals surface area contributed by atoms with Gasteiger partial charge in [0, 0.05) is 11.1 Å². The number of ketones is 1. The van der Waals surface area contributed by atoms with Crippen LogP contribution in [0.4, 0.5) is 0 Å². The average Bonchev–Trinajstić information content (AvgIpc) is 3.24. The quantitative estimate of drug-likeness (QED) is 0.363. The number of methoxy groups -OCH3 is 1. The van der Waals surface area contributed by atoms with Gasteiger partial charge in [0.2, 0.25) is 0 Å². The van der Waals surface area contributed by atoms with E-state index in [-0.39, 0.29) is 5.78 Å². The van der Waals surface area contributed by atoms with Gasteiger partial charge >= 0.3 is 0 Å². The molecule has 0 bridgehead atoms. The number of carbonyl (C=O) groups excluding carboxylic acids is 1. The van der Waals surface area contributed by atoms with E-state index >= 15 is 0 Å². The Kier molecular flexibility index (Phi) is 5.99. The van der Waals surface area contributed by atoms with Crippen LogP contribution in [0.3, 0.4) is 0 Å². The van der Waals surface area contributed by atoms with Gasteiger partial charge in [0.1, 0.15) is 18.1 Å². The van der Waals surface area contributed by atoms with Crippen molar-refractivity contribution in [3.63, 3.8) is 0 Å². The van der Waals surface area contributed by atoms with Crippen molar-refractivity contribution in [1.29, 1.82) is 0 Å². The molecule has 0 radical (unpaired) electrons. The fourth-order valence-corrected chi connectivity index (χ4v) is 3.88. The van der Waals surface area contributed by atoms with Crippen LogP contribution in [-0.4, -0.2) is 12.9 Å². The summed E-state index contributed by atoms with van der Waals surface area (Å²) in [6.07, 6.45) is 6.97. The van der Waals surface area contributed by atoms with Crippen LogP contribution in [0.15, 0.2) is 66.7 Å². The predicted octanol–water partition coefficient (Wildman–Crippen LogP) is 5.97. The molecule has 3 aromatic rings. The Morgan fingerprint density at radius 1 is 1.00 bits per heavy atom. The van der Waals surface area contributed by atoms with E-state index in [0.717, 1.165) is 34.6 Å². The number of carbonyl (C=O) groups is 1. The van der Waals surface area contributed by atoms with Crippen LogP contribution >= 0.6 is 0 Å². The summed E-state index contributed by atoms with van der Waals surface area (Å²) < 4.78 is 11.6. The highest BCUT2D eigenvalue weighted by molar-refractivity contribution is 6.06. The lowest BCUT2D eigenvalue weighted by Gasteiger charge is -2.12. The lowest BCUT2D eigenvalue weighted by atomic mass is 10.1. The van der Waals surface area contributed by atoms with Gasteiger partial charge < -0.3 is 9.47 Å². The predicted molar refractivity (Wildman–Crippen MR) is 120 cm³/mol. The second-order valence-electron chi connectivity index (χ2n) is 7.71. The summed E-state index contributed by atoms with van der Waals surface area (Å²) in [5.41, 5.74) is 6.48. The SMILES string of the molecule is COc1ccc(/C=C/C(=O)c2cccc(C)c2)cc1COc1ccc2c(c1)CCC2. The first-order valence-corrected chi connectivity index (χ1v) is 10.3. The molecule has 152 valence electrons. The fraction of sp³-hybridized carbons (Fsp3) is 0.222. The third-order valence-electron chi connectivity index (χ3n) is 5.50. The van der Waals surface area contributed by atoms with E-state index in [9.17, 15) is 4.79 Å². The maximum absolute atomic E-state index is 12.4. The van der Waals surface area contributed by atoms with Crippen molar-refractivity contribution in [1.82, 2.24) is 0 Å². The first kappa shape index (κ1) is 20.0. The molecule has 0 heterocycles. The van der Waals surface area contributed by atoms with Crippen molar-refractivity contribution < 1.29 is 14.3 Å². The molecule has 0 aliphatic heterocycles. The highest BCUT2D eigenvalue weighted by Gasteiger charge is 2.12. The van der Waals surface area contributed by atoms with Crippen molar-refractivity contribution in [2.75, 3.05) is 7.11 Å². The second kappa shape index (κ2) is 9.00. The Labute approximate surface area is 178 Å². The zero-order chi connectivity index (χ0) is 20.9. The van der Waals surface area contributed by atoms with Crippen molar-refractivity contribution in [3.8, 4) is 11.5 Å². The fourth-order valence-electron chi connectivity index (χ4n) is 3.88. The summed E-state index contributed by atoms with van der Waals surface area (Å²) in [6, 6.07) is 19.8. The molecule has 0 amide bonds. The van der Waals surface area contributed by atoms with Crippen LogP contribution < -0.4 is 9.47 Å². The van der Waals surface area contributed by atoms with E-state index in [4.69, 9.17) is 9.47 Å². The van der Waals surface area contributed by atoms with Gasteiger partial charge in [-0.05, 0) is 79.3 Å². The highest BCUT2D eigenvalue weighted by Crippen LogP contribution is 2.28. The molecule has 0 N–H and O–H groups in total. The molecule has 4 rings (SSSR count). The Hall–Kier alpha value is -3.33. The van der Waals surface area contributed by atoms with Gasteiger partial charge in [-0.3, -0.25) is 4.79 Å². The zero-order valence-electron chi connectivity index (χ0n) is 17.5. The lowest BCUT2D eigenvalue weighted by Crippen LogP contribution is -2.00. The summed E-state index contributed by atoms with van der Waals surface area (Å²) in [5, 5.41) is 0. The van der Waals surface area contributed by atoms with Crippen LogP contribution in [0.1, 0.15) is 44.6 Å². The molecule has 0 aromatic heterocycles. The van der Waals surface area contributed by atoms with E-state index in [1.165, 1.54) is 24.0 Å². The summed E-state index contributed by atoms with van der Waals surface area (Å²) in [6.45, 7) is 2.40. The van der Waals surface area contributed by atoms with Crippen LogP contribution in [-0.2, 0) is 19.4 Å². The number of rotatable bonds is 7. The molecule has 30 heavy (non-hydrogen) atoms. The molecule has 0 saturated heterocycles. The molecule has 3 nitrogen and oxygen atoms in total. The third-order valence-corrected chi connectivity index (χ3v) is 5.50. The van der Waals surface area contributed by atoms with Gasteiger partial charge in [0.05, 0.1) is 7.11 Å². The van der Waals surface area contributed by atoms with Crippen molar-refractivity contribution in [2.45, 2.75) is 32.8 Å². The minimum Gasteiger partial charge on any atom is -0.496 e. The monoisotopic (exact) mass is 398 g/mol. The summed E-state index contributed by atoms with van der Waals surface area (Å²) in [4.78, 5) is 12.4. The molecule has 0 saturated carbocycles. The van der Waals surface area contributed by atoms with Gasteiger partial charge in [0.25, 0.3) is 0 Å². The molecule has 3 heteroatoms. The number of allylic oxidation sites excluding steroid dienone is 1. The summed E-state index contributed by atoms with van der Waals surface area (Å²) in [7, 11) is 1.66. The van der Waals surface area contributed by atoms with Crippen molar-refractivity contribution in [3.05, 3.63) is 100 Å². The molecule has 1 aliphatic carbocycles. The van der Waals surface area contributed by atoms with Gasteiger partial charge in [-0.15, -0.1) is 0 Å². The maximum Gasteiger partial charge on any atom is 0.185 e. The van der Waals surface area contributed by atoms with Gasteiger partial charge in [-0.2, -0.15) is 0 Å². The van der Waals surface area contributed by atoms with Crippen LogP contribution in [0.5, 0.6) is 11.5 Å². The molecule has 3 aromatic carbocycles. The largest absolute Gasteiger partial charge is 0.496 e. The maximum atomic E-state index is 12.4. The normalized spacial score (nSPS) is 12.7. The average molecular weight is 399 g/mol. The molecular weight excluding hydrogens is 372 g/mol. The molecular formula is C27H26O3. The Balaban J connectivity index is 1.48. The van der Waals surface area contributed by atoms with Crippen LogP contribution in [0.2, 0.25) is 0 Å². The molecule has 1 aliphatic rings. The topological polar surface area (TPSA) is 35.5 Å². The Morgan fingerprint density at radius 3 is 2.70 bits per heavy atom. The van der Waals surface area contributed by atoms with Gasteiger partial charge in [-0.25, -0.2) is 0 Å². The van der Waals surface area contributed by atoms with E-state index in [1.807, 2.05) is 61.5 Å². The van der Waals surface area contributed by atoms with E-state index in [1.54, 1.807) is 13.2 Å². The highest BCUT2D eigenvalue weighted by atomic mass is 16.5. The standard InChI is InChI=1S/C27H26O3/c1-19-5-3-8-23(15-19)26(28)13-9-20-10-14-27(29-2)24(16-20)18-30-25-12-11-21-6-4-7-22(21)17-25/h3,5,8-17H,4,6-7,18H2,1-2H3/b13-9+. The number of fused-ring (bicyclic) bond motifs is 1. The number of hydrogen-bond acceptors (Lipinski definition) is 3. The molecule has 0 fully saturated rings. The molecule has 0 unspecified atom stereocenters. The first-order valence-electron chi connectivity index (χ1n) is 10.3.